The molecular formula is C16H14O. The van der Waals surface area contributed by atoms with Gasteiger partial charge in [0.2, 0.25) is 0 Å². The monoisotopic (exact) mass is 222 g/mol. The third-order valence-electron chi connectivity index (χ3n) is 3.27. The molecule has 0 aliphatic heterocycles. The van der Waals surface area contributed by atoms with Gasteiger partial charge in [0.25, 0.3) is 0 Å². The van der Waals surface area contributed by atoms with Gasteiger partial charge in [-0.15, -0.1) is 0 Å². The minimum Gasteiger partial charge on any atom is -0.388 e. The molecule has 0 aromatic heterocycles. The predicted octanol–water partition coefficient (Wildman–Crippen LogP) is 3.45. The summed E-state index contributed by atoms with van der Waals surface area (Å²) in [7, 11) is 0. The Balaban J connectivity index is 2.16. The Bertz CT molecular complexity index is 569. The van der Waals surface area contributed by atoms with E-state index in [1.54, 1.807) is 0 Å². The van der Waals surface area contributed by atoms with Gasteiger partial charge < -0.3 is 5.11 Å². The average Bonchev–Trinajstić information content (AvgIpc) is 2.36. The lowest BCUT2D eigenvalue weighted by molar-refractivity contribution is 0.178. The van der Waals surface area contributed by atoms with E-state index in [1.165, 1.54) is 11.1 Å². The van der Waals surface area contributed by atoms with Crippen LogP contribution >= 0.6 is 0 Å². The lowest BCUT2D eigenvalue weighted by atomic mass is 9.91. The van der Waals surface area contributed by atoms with E-state index in [-0.39, 0.29) is 0 Å². The molecule has 1 aliphatic rings. The van der Waals surface area contributed by atoms with Crippen molar-refractivity contribution in [2.75, 3.05) is 0 Å². The van der Waals surface area contributed by atoms with Crippen molar-refractivity contribution in [3.63, 3.8) is 0 Å². The lowest BCUT2D eigenvalue weighted by Crippen LogP contribution is -2.06. The van der Waals surface area contributed by atoms with Crippen molar-refractivity contribution >= 4 is 12.2 Å². The molecular weight excluding hydrogens is 208 g/mol. The van der Waals surface area contributed by atoms with Gasteiger partial charge in [0.15, 0.2) is 0 Å². The fraction of sp³-hybridized carbons (Fsp3) is 0.125. The molecule has 1 unspecified atom stereocenters. The van der Waals surface area contributed by atoms with Crippen molar-refractivity contribution in [2.24, 2.45) is 0 Å². The number of aliphatic hydroxyl groups excluding tert-OH is 1. The largest absolute Gasteiger partial charge is 0.388 e. The van der Waals surface area contributed by atoms with Gasteiger partial charge >= 0.3 is 0 Å². The molecule has 84 valence electrons. The molecule has 2 aromatic carbocycles. The van der Waals surface area contributed by atoms with E-state index >= 15 is 0 Å². The number of fused-ring (bicyclic) bond motifs is 2. The first-order chi connectivity index (χ1) is 8.34. The summed E-state index contributed by atoms with van der Waals surface area (Å²) in [4.78, 5) is 0. The highest BCUT2D eigenvalue weighted by Crippen LogP contribution is 2.28. The summed E-state index contributed by atoms with van der Waals surface area (Å²) >= 11 is 0. The van der Waals surface area contributed by atoms with Crippen molar-refractivity contribution in [3.05, 3.63) is 70.8 Å². The highest BCUT2D eigenvalue weighted by Gasteiger charge is 2.14. The van der Waals surface area contributed by atoms with Crippen LogP contribution in [0.2, 0.25) is 0 Å². The van der Waals surface area contributed by atoms with E-state index < -0.39 is 6.10 Å². The quantitative estimate of drug-likeness (QED) is 0.724. The van der Waals surface area contributed by atoms with Crippen LogP contribution in [-0.2, 0) is 6.42 Å². The van der Waals surface area contributed by atoms with Gasteiger partial charge in [-0.2, -0.15) is 0 Å². The minimum atomic E-state index is -0.419. The molecule has 1 aliphatic carbocycles. The average molecular weight is 222 g/mol. The van der Waals surface area contributed by atoms with E-state index in [4.69, 9.17) is 0 Å². The molecule has 1 nitrogen and oxygen atoms in total. The minimum absolute atomic E-state index is 0.419. The molecule has 3 rings (SSSR count). The van der Waals surface area contributed by atoms with Gasteiger partial charge in [-0.1, -0.05) is 60.7 Å². The molecule has 0 saturated carbocycles. The van der Waals surface area contributed by atoms with Crippen molar-refractivity contribution in [1.82, 2.24) is 0 Å². The summed E-state index contributed by atoms with van der Waals surface area (Å²) in [6, 6.07) is 16.2. The zero-order valence-corrected chi connectivity index (χ0v) is 9.51. The van der Waals surface area contributed by atoms with Gasteiger partial charge in [0.05, 0.1) is 6.10 Å². The topological polar surface area (TPSA) is 20.2 Å². The zero-order chi connectivity index (χ0) is 11.7. The van der Waals surface area contributed by atoms with Crippen LogP contribution in [0.4, 0.5) is 0 Å². The van der Waals surface area contributed by atoms with Crippen LogP contribution in [0.15, 0.2) is 48.5 Å². The first kappa shape index (κ1) is 10.3. The Hall–Kier alpha value is -1.86. The van der Waals surface area contributed by atoms with Crippen LogP contribution in [-0.4, -0.2) is 5.11 Å². The second-order valence-electron chi connectivity index (χ2n) is 4.38. The summed E-state index contributed by atoms with van der Waals surface area (Å²) in [5.74, 6) is 0. The molecule has 1 heteroatoms. The maximum atomic E-state index is 10.3. The van der Waals surface area contributed by atoms with E-state index in [1.807, 2.05) is 36.4 Å². The summed E-state index contributed by atoms with van der Waals surface area (Å²) < 4.78 is 0. The van der Waals surface area contributed by atoms with Crippen LogP contribution in [0.5, 0.6) is 0 Å². The van der Waals surface area contributed by atoms with Crippen molar-refractivity contribution < 1.29 is 5.11 Å². The molecule has 0 spiro atoms. The molecule has 0 saturated heterocycles. The third-order valence-corrected chi connectivity index (χ3v) is 3.27. The second kappa shape index (κ2) is 4.19. The summed E-state index contributed by atoms with van der Waals surface area (Å²) in [5, 5.41) is 10.3. The number of hydrogen-bond acceptors (Lipinski definition) is 1. The summed E-state index contributed by atoms with van der Waals surface area (Å²) in [6.45, 7) is 0. The van der Waals surface area contributed by atoms with Crippen molar-refractivity contribution in [3.8, 4) is 0 Å². The maximum Gasteiger partial charge on any atom is 0.0836 e. The molecule has 0 bridgehead atoms. The molecule has 0 amide bonds. The van der Waals surface area contributed by atoms with Gasteiger partial charge in [-0.25, -0.2) is 0 Å². The molecule has 17 heavy (non-hydrogen) atoms. The van der Waals surface area contributed by atoms with Gasteiger partial charge in [0.1, 0.15) is 0 Å². The highest BCUT2D eigenvalue weighted by atomic mass is 16.3. The summed E-state index contributed by atoms with van der Waals surface area (Å²) in [5.41, 5.74) is 4.51. The normalized spacial score (nSPS) is 17.8. The lowest BCUT2D eigenvalue weighted by Gasteiger charge is -2.17. The summed E-state index contributed by atoms with van der Waals surface area (Å²) in [6.07, 6.45) is 4.46. The second-order valence-corrected chi connectivity index (χ2v) is 4.38. The van der Waals surface area contributed by atoms with Crippen molar-refractivity contribution in [1.29, 1.82) is 0 Å². The van der Waals surface area contributed by atoms with Gasteiger partial charge in [-0.05, 0) is 22.3 Å². The van der Waals surface area contributed by atoms with Crippen LogP contribution in [0, 0.1) is 0 Å². The highest BCUT2D eigenvalue weighted by molar-refractivity contribution is 5.73. The first-order valence-corrected chi connectivity index (χ1v) is 5.87. The van der Waals surface area contributed by atoms with Crippen LogP contribution in [0.1, 0.15) is 28.4 Å². The van der Waals surface area contributed by atoms with Crippen molar-refractivity contribution in [2.45, 2.75) is 12.5 Å². The molecule has 2 aromatic rings. The number of hydrogen-bond donors (Lipinski definition) is 1. The molecule has 1 atom stereocenters. The fourth-order valence-corrected chi connectivity index (χ4v) is 2.35. The van der Waals surface area contributed by atoms with Crippen LogP contribution in [0.3, 0.4) is 0 Å². The Morgan fingerprint density at radius 3 is 2.35 bits per heavy atom. The van der Waals surface area contributed by atoms with E-state index in [0.29, 0.717) is 6.42 Å². The van der Waals surface area contributed by atoms with Gasteiger partial charge in [-0.3, -0.25) is 0 Å². The Morgan fingerprint density at radius 1 is 0.824 bits per heavy atom. The smallest absolute Gasteiger partial charge is 0.0836 e. The Morgan fingerprint density at radius 2 is 1.47 bits per heavy atom. The number of rotatable bonds is 0. The standard InChI is InChI=1S/C16H14O/c17-16-11-14-7-2-1-5-12(14)9-10-13-6-3-4-8-15(13)16/h1-10,16-17H,11H2. The van der Waals surface area contributed by atoms with E-state index in [2.05, 4.69) is 24.3 Å². The molecule has 0 heterocycles. The SMILES string of the molecule is OC1Cc2ccccc2C=Cc2ccccc21. The molecule has 1 N–H and O–H groups in total. The number of aliphatic hydroxyl groups is 1. The third kappa shape index (κ3) is 1.90. The Kier molecular flexibility index (Phi) is 2.54. The Labute approximate surface area is 101 Å². The van der Waals surface area contributed by atoms with Gasteiger partial charge in [0, 0.05) is 6.42 Å². The molecule has 0 fully saturated rings. The van der Waals surface area contributed by atoms with E-state index in [0.717, 1.165) is 11.1 Å². The molecule has 0 radical (unpaired) electrons. The van der Waals surface area contributed by atoms with Crippen LogP contribution in [0.25, 0.3) is 12.2 Å². The first-order valence-electron chi connectivity index (χ1n) is 5.87. The predicted molar refractivity (Wildman–Crippen MR) is 70.5 cm³/mol. The van der Waals surface area contributed by atoms with E-state index in [9.17, 15) is 5.11 Å². The number of benzene rings is 2. The zero-order valence-electron chi connectivity index (χ0n) is 9.51. The maximum absolute atomic E-state index is 10.3. The fourth-order valence-electron chi connectivity index (χ4n) is 2.35. The van der Waals surface area contributed by atoms with Crippen LogP contribution < -0.4 is 0 Å².